The van der Waals surface area contributed by atoms with E-state index in [0.29, 0.717) is 0 Å². The molecule has 0 aromatic carbocycles. The summed E-state index contributed by atoms with van der Waals surface area (Å²) in [6.07, 6.45) is 2.67. The predicted octanol–water partition coefficient (Wildman–Crippen LogP) is 1.64. The van der Waals surface area contributed by atoms with Gasteiger partial charge in [-0.3, -0.25) is 4.90 Å². The van der Waals surface area contributed by atoms with Gasteiger partial charge in [0.05, 0.1) is 10.7 Å². The van der Waals surface area contributed by atoms with Crippen LogP contribution in [0, 0.1) is 12.8 Å². The molecule has 2 aliphatic heterocycles. The molecule has 0 bridgehead atoms. The van der Waals surface area contributed by atoms with Crippen LogP contribution in [0.5, 0.6) is 0 Å². The fourth-order valence-electron chi connectivity index (χ4n) is 2.98. The number of hydrogen-bond acceptors (Lipinski definition) is 4. The second-order valence-corrected chi connectivity index (χ2v) is 6.05. The molecule has 3 rings (SSSR count). The molecule has 2 fully saturated rings. The molecule has 0 saturated carbocycles. The van der Waals surface area contributed by atoms with Crippen molar-refractivity contribution in [3.05, 3.63) is 16.1 Å². The topological polar surface area (TPSA) is 28.2 Å². The Labute approximate surface area is 101 Å². The fourth-order valence-corrected chi connectivity index (χ4v) is 3.58. The SMILES string of the molecule is Cc1nc(CN2CCC3NCCC3C2)cs1. The van der Waals surface area contributed by atoms with Gasteiger partial charge in [0.15, 0.2) is 0 Å². The van der Waals surface area contributed by atoms with Crippen molar-refractivity contribution in [1.82, 2.24) is 15.2 Å². The fraction of sp³-hybridized carbons (Fsp3) is 0.750. The van der Waals surface area contributed by atoms with Crippen molar-refractivity contribution in [2.24, 2.45) is 5.92 Å². The summed E-state index contributed by atoms with van der Waals surface area (Å²) in [6, 6.07) is 0.799. The standard InChI is InChI=1S/C12H19N3S/c1-9-14-11(8-16-9)7-15-5-3-12-10(6-15)2-4-13-12/h8,10,12-13H,2-7H2,1H3. The smallest absolute Gasteiger partial charge is 0.0897 e. The molecule has 2 unspecified atom stereocenters. The van der Waals surface area contributed by atoms with Crippen LogP contribution in [-0.2, 0) is 6.54 Å². The van der Waals surface area contributed by atoms with Gasteiger partial charge in [0.2, 0.25) is 0 Å². The third-order valence-electron chi connectivity index (χ3n) is 3.79. The number of hydrogen-bond donors (Lipinski definition) is 1. The molecule has 0 spiro atoms. The van der Waals surface area contributed by atoms with Crippen molar-refractivity contribution < 1.29 is 0 Å². The van der Waals surface area contributed by atoms with Gasteiger partial charge in [-0.15, -0.1) is 11.3 Å². The van der Waals surface area contributed by atoms with Crippen molar-refractivity contribution in [2.75, 3.05) is 19.6 Å². The highest BCUT2D eigenvalue weighted by Gasteiger charge is 2.32. The molecule has 1 aromatic rings. The number of piperidine rings is 1. The molecule has 0 amide bonds. The number of nitrogens with zero attached hydrogens (tertiary/aromatic N) is 2. The van der Waals surface area contributed by atoms with Gasteiger partial charge in [0.25, 0.3) is 0 Å². The van der Waals surface area contributed by atoms with Crippen LogP contribution in [0.3, 0.4) is 0 Å². The number of likely N-dealkylation sites (tertiary alicyclic amines) is 1. The van der Waals surface area contributed by atoms with Gasteiger partial charge in [-0.2, -0.15) is 0 Å². The Morgan fingerprint density at radius 1 is 1.56 bits per heavy atom. The van der Waals surface area contributed by atoms with E-state index < -0.39 is 0 Å². The minimum absolute atomic E-state index is 0.799. The first-order chi connectivity index (χ1) is 7.81. The third kappa shape index (κ3) is 2.14. The van der Waals surface area contributed by atoms with E-state index in [1.165, 1.54) is 43.2 Å². The van der Waals surface area contributed by atoms with E-state index in [2.05, 4.69) is 27.5 Å². The Morgan fingerprint density at radius 2 is 2.50 bits per heavy atom. The first kappa shape index (κ1) is 10.7. The summed E-state index contributed by atoms with van der Waals surface area (Å²) in [4.78, 5) is 7.12. The number of nitrogens with one attached hydrogen (secondary N) is 1. The molecule has 4 heteroatoms. The summed E-state index contributed by atoms with van der Waals surface area (Å²) < 4.78 is 0. The van der Waals surface area contributed by atoms with Crippen LogP contribution in [0.4, 0.5) is 0 Å². The third-order valence-corrected chi connectivity index (χ3v) is 4.61. The van der Waals surface area contributed by atoms with Crippen LogP contribution in [0.15, 0.2) is 5.38 Å². The highest BCUT2D eigenvalue weighted by atomic mass is 32.1. The van der Waals surface area contributed by atoms with Crippen molar-refractivity contribution in [3.8, 4) is 0 Å². The maximum absolute atomic E-state index is 4.55. The molecule has 2 saturated heterocycles. The lowest BCUT2D eigenvalue weighted by Crippen LogP contribution is -2.43. The van der Waals surface area contributed by atoms with Gasteiger partial charge >= 0.3 is 0 Å². The van der Waals surface area contributed by atoms with Crippen molar-refractivity contribution in [1.29, 1.82) is 0 Å². The summed E-state index contributed by atoms with van der Waals surface area (Å²) in [5.74, 6) is 0.883. The molecule has 16 heavy (non-hydrogen) atoms. The molecule has 0 radical (unpaired) electrons. The second-order valence-electron chi connectivity index (χ2n) is 4.99. The number of thiazole rings is 1. The summed E-state index contributed by atoms with van der Waals surface area (Å²) in [5, 5.41) is 7.00. The summed E-state index contributed by atoms with van der Waals surface area (Å²) in [7, 11) is 0. The zero-order valence-corrected chi connectivity index (χ0v) is 10.6. The molecule has 3 heterocycles. The lowest BCUT2D eigenvalue weighted by molar-refractivity contribution is 0.154. The number of rotatable bonds is 2. The molecule has 2 atom stereocenters. The Kier molecular flexibility index (Phi) is 2.96. The second kappa shape index (κ2) is 4.43. The van der Waals surface area contributed by atoms with Crippen molar-refractivity contribution in [3.63, 3.8) is 0 Å². The number of aryl methyl sites for hydroxylation is 1. The van der Waals surface area contributed by atoms with E-state index in [-0.39, 0.29) is 0 Å². The molecular formula is C12H19N3S. The van der Waals surface area contributed by atoms with Crippen LogP contribution < -0.4 is 5.32 Å². The van der Waals surface area contributed by atoms with E-state index in [9.17, 15) is 0 Å². The van der Waals surface area contributed by atoms with Crippen LogP contribution in [0.2, 0.25) is 0 Å². The highest BCUT2D eigenvalue weighted by Crippen LogP contribution is 2.25. The average Bonchev–Trinajstić information content (AvgIpc) is 2.87. The Morgan fingerprint density at radius 3 is 3.31 bits per heavy atom. The van der Waals surface area contributed by atoms with E-state index in [4.69, 9.17) is 0 Å². The van der Waals surface area contributed by atoms with Gasteiger partial charge in [-0.1, -0.05) is 0 Å². The molecule has 0 aliphatic carbocycles. The first-order valence-electron chi connectivity index (χ1n) is 6.18. The van der Waals surface area contributed by atoms with Crippen LogP contribution in [0.1, 0.15) is 23.5 Å². The van der Waals surface area contributed by atoms with Crippen LogP contribution in [-0.4, -0.2) is 35.6 Å². The normalized spacial score (nSPS) is 30.6. The summed E-state index contributed by atoms with van der Waals surface area (Å²) in [6.45, 7) is 6.84. The lowest BCUT2D eigenvalue weighted by Gasteiger charge is -2.34. The molecule has 3 nitrogen and oxygen atoms in total. The molecule has 88 valence electrons. The number of aromatic nitrogens is 1. The maximum atomic E-state index is 4.55. The predicted molar refractivity (Wildman–Crippen MR) is 66.6 cm³/mol. The summed E-state index contributed by atoms with van der Waals surface area (Å²) in [5.41, 5.74) is 1.26. The number of fused-ring (bicyclic) bond motifs is 1. The summed E-state index contributed by atoms with van der Waals surface area (Å²) >= 11 is 1.76. The highest BCUT2D eigenvalue weighted by molar-refractivity contribution is 7.09. The largest absolute Gasteiger partial charge is 0.314 e. The van der Waals surface area contributed by atoms with E-state index in [1.807, 2.05) is 0 Å². The van der Waals surface area contributed by atoms with Crippen molar-refractivity contribution in [2.45, 2.75) is 32.4 Å². The molecule has 1 N–H and O–H groups in total. The van der Waals surface area contributed by atoms with E-state index >= 15 is 0 Å². The van der Waals surface area contributed by atoms with Gasteiger partial charge in [-0.05, 0) is 32.2 Å². The van der Waals surface area contributed by atoms with Gasteiger partial charge in [-0.25, -0.2) is 4.98 Å². The average molecular weight is 237 g/mol. The monoisotopic (exact) mass is 237 g/mol. The Balaban J connectivity index is 1.60. The molecule has 1 aromatic heterocycles. The Hall–Kier alpha value is -0.450. The zero-order chi connectivity index (χ0) is 11.0. The van der Waals surface area contributed by atoms with Gasteiger partial charge in [0, 0.05) is 31.1 Å². The first-order valence-corrected chi connectivity index (χ1v) is 7.06. The lowest BCUT2D eigenvalue weighted by atomic mass is 9.93. The zero-order valence-electron chi connectivity index (χ0n) is 9.78. The molecule has 2 aliphatic rings. The maximum Gasteiger partial charge on any atom is 0.0897 e. The van der Waals surface area contributed by atoms with Gasteiger partial charge < -0.3 is 5.32 Å². The Bertz CT molecular complexity index is 363. The van der Waals surface area contributed by atoms with Gasteiger partial charge in [0.1, 0.15) is 0 Å². The van der Waals surface area contributed by atoms with E-state index in [1.54, 1.807) is 11.3 Å². The molecular weight excluding hydrogens is 218 g/mol. The minimum Gasteiger partial charge on any atom is -0.314 e. The minimum atomic E-state index is 0.799. The van der Waals surface area contributed by atoms with E-state index in [0.717, 1.165) is 18.5 Å². The quantitative estimate of drug-likeness (QED) is 0.847. The van der Waals surface area contributed by atoms with Crippen molar-refractivity contribution >= 4 is 11.3 Å². The van der Waals surface area contributed by atoms with Crippen LogP contribution >= 0.6 is 11.3 Å². The van der Waals surface area contributed by atoms with Crippen LogP contribution in [0.25, 0.3) is 0 Å².